The van der Waals surface area contributed by atoms with Crippen molar-refractivity contribution >= 4 is 28.4 Å². The van der Waals surface area contributed by atoms with Crippen LogP contribution in [0.5, 0.6) is 0 Å². The summed E-state index contributed by atoms with van der Waals surface area (Å²) in [5.74, 6) is -0.467. The molecule has 0 bridgehead atoms. The lowest BCUT2D eigenvalue weighted by Crippen LogP contribution is -2.46. The summed E-state index contributed by atoms with van der Waals surface area (Å²) < 4.78 is 32.7. The fourth-order valence-corrected chi connectivity index (χ4v) is 5.11. The Labute approximate surface area is 156 Å². The topological polar surface area (TPSA) is 75.7 Å². The number of carbonyl (C=O) groups excluding carboxylic acids is 1. The van der Waals surface area contributed by atoms with Crippen molar-refractivity contribution in [1.29, 1.82) is 0 Å². The SMILES string of the molecule is CCCN(C1CCNCC1)S(=O)(=O)c1ccc(C(=O)OC)cc1C.Cl. The van der Waals surface area contributed by atoms with Gasteiger partial charge in [-0.2, -0.15) is 4.31 Å². The number of rotatable bonds is 6. The van der Waals surface area contributed by atoms with E-state index in [1.807, 2.05) is 6.92 Å². The maximum absolute atomic E-state index is 13.2. The predicted molar refractivity (Wildman–Crippen MR) is 99.8 cm³/mol. The number of benzene rings is 1. The number of nitrogens with one attached hydrogen (secondary N) is 1. The number of sulfonamides is 1. The molecule has 1 aromatic rings. The second-order valence-corrected chi connectivity index (χ2v) is 7.93. The van der Waals surface area contributed by atoms with E-state index in [4.69, 9.17) is 4.74 Å². The Kier molecular flexibility index (Phi) is 8.34. The second kappa shape index (κ2) is 9.52. The summed E-state index contributed by atoms with van der Waals surface area (Å²) in [5.41, 5.74) is 0.922. The van der Waals surface area contributed by atoms with E-state index in [2.05, 4.69) is 5.32 Å². The highest BCUT2D eigenvalue weighted by Crippen LogP contribution is 2.26. The lowest BCUT2D eigenvalue weighted by molar-refractivity contribution is 0.0600. The van der Waals surface area contributed by atoms with Gasteiger partial charge in [0.2, 0.25) is 10.0 Å². The number of hydrogen-bond donors (Lipinski definition) is 1. The Hall–Kier alpha value is -1.15. The number of halogens is 1. The third-order valence-electron chi connectivity index (χ3n) is 4.34. The van der Waals surface area contributed by atoms with Crippen molar-refractivity contribution in [2.45, 2.75) is 44.0 Å². The summed E-state index contributed by atoms with van der Waals surface area (Å²) in [6.45, 7) is 5.87. The second-order valence-electron chi connectivity index (χ2n) is 6.07. The molecule has 0 radical (unpaired) electrons. The molecule has 25 heavy (non-hydrogen) atoms. The van der Waals surface area contributed by atoms with E-state index in [0.29, 0.717) is 17.7 Å². The molecule has 6 nitrogen and oxygen atoms in total. The third-order valence-corrected chi connectivity index (χ3v) is 6.45. The van der Waals surface area contributed by atoms with Gasteiger partial charge in [0.05, 0.1) is 17.6 Å². The summed E-state index contributed by atoms with van der Waals surface area (Å²) >= 11 is 0. The number of ether oxygens (including phenoxy) is 1. The van der Waals surface area contributed by atoms with Crippen molar-refractivity contribution in [2.24, 2.45) is 0 Å². The normalized spacial score (nSPS) is 15.7. The molecule has 1 saturated heterocycles. The van der Waals surface area contributed by atoms with Crippen LogP contribution in [0.25, 0.3) is 0 Å². The fourth-order valence-electron chi connectivity index (χ4n) is 3.12. The van der Waals surface area contributed by atoms with Gasteiger partial charge < -0.3 is 10.1 Å². The van der Waals surface area contributed by atoms with Gasteiger partial charge in [-0.1, -0.05) is 6.92 Å². The Morgan fingerprint density at radius 1 is 1.32 bits per heavy atom. The van der Waals surface area contributed by atoms with Crippen LogP contribution in [0.4, 0.5) is 0 Å². The molecule has 1 aliphatic rings. The average Bonchev–Trinajstić information content (AvgIpc) is 2.59. The lowest BCUT2D eigenvalue weighted by atomic mass is 10.1. The molecule has 0 aliphatic carbocycles. The highest BCUT2D eigenvalue weighted by Gasteiger charge is 2.32. The first-order chi connectivity index (χ1) is 11.4. The van der Waals surface area contributed by atoms with Gasteiger partial charge in [0.1, 0.15) is 0 Å². The van der Waals surface area contributed by atoms with E-state index >= 15 is 0 Å². The average molecular weight is 391 g/mol. The first-order valence-corrected chi connectivity index (χ1v) is 9.77. The standard InChI is InChI=1S/C17H26N2O4S.ClH/c1-4-11-19(15-7-9-18-10-8-15)24(21,22)16-6-5-14(12-13(16)2)17(20)23-3;/h5-6,12,15,18H,4,7-11H2,1-3H3;1H. The Morgan fingerprint density at radius 3 is 2.48 bits per heavy atom. The summed E-state index contributed by atoms with van der Waals surface area (Å²) in [7, 11) is -2.28. The van der Waals surface area contributed by atoms with Gasteiger partial charge in [-0.15, -0.1) is 12.4 Å². The van der Waals surface area contributed by atoms with Crippen LogP contribution in [0, 0.1) is 6.92 Å². The Balaban J connectivity index is 0.00000312. The number of esters is 1. The Bertz CT molecular complexity index is 688. The fraction of sp³-hybridized carbons (Fsp3) is 0.588. The molecule has 0 saturated carbocycles. The van der Waals surface area contributed by atoms with Crippen molar-refractivity contribution < 1.29 is 17.9 Å². The quantitative estimate of drug-likeness (QED) is 0.754. The molecular formula is C17H27ClN2O4S. The van der Waals surface area contributed by atoms with Crippen LogP contribution >= 0.6 is 12.4 Å². The molecule has 0 atom stereocenters. The van der Waals surface area contributed by atoms with E-state index in [0.717, 1.165) is 32.4 Å². The van der Waals surface area contributed by atoms with Crippen molar-refractivity contribution in [1.82, 2.24) is 9.62 Å². The molecule has 1 N–H and O–H groups in total. The molecule has 1 fully saturated rings. The number of aryl methyl sites for hydroxylation is 1. The maximum atomic E-state index is 13.2. The summed E-state index contributed by atoms with van der Waals surface area (Å²) in [4.78, 5) is 11.9. The number of piperidine rings is 1. The minimum atomic E-state index is -3.59. The van der Waals surface area contributed by atoms with Crippen molar-refractivity contribution in [3.05, 3.63) is 29.3 Å². The van der Waals surface area contributed by atoms with Gasteiger partial charge in [0, 0.05) is 12.6 Å². The largest absolute Gasteiger partial charge is 0.465 e. The first-order valence-electron chi connectivity index (χ1n) is 8.33. The molecule has 0 unspecified atom stereocenters. The van der Waals surface area contributed by atoms with Crippen LogP contribution in [0.1, 0.15) is 42.1 Å². The number of nitrogens with zero attached hydrogens (tertiary/aromatic N) is 1. The maximum Gasteiger partial charge on any atom is 0.337 e. The van der Waals surface area contributed by atoms with Gasteiger partial charge in [0.25, 0.3) is 0 Å². The molecule has 0 aromatic heterocycles. The van der Waals surface area contributed by atoms with Crippen LogP contribution in [-0.4, -0.2) is 51.5 Å². The van der Waals surface area contributed by atoms with Gasteiger partial charge >= 0.3 is 5.97 Å². The molecule has 1 heterocycles. The third kappa shape index (κ3) is 4.94. The van der Waals surface area contributed by atoms with Crippen LogP contribution in [0.15, 0.2) is 23.1 Å². The van der Waals surface area contributed by atoms with Crippen molar-refractivity contribution in [3.63, 3.8) is 0 Å². The number of methoxy groups -OCH3 is 1. The zero-order valence-corrected chi connectivity index (χ0v) is 16.6. The van der Waals surface area contributed by atoms with Gasteiger partial charge in [0.15, 0.2) is 0 Å². The lowest BCUT2D eigenvalue weighted by Gasteiger charge is -2.34. The predicted octanol–water partition coefficient (Wildman–Crippen LogP) is 2.36. The van der Waals surface area contributed by atoms with Crippen LogP contribution < -0.4 is 5.32 Å². The molecule has 1 aromatic carbocycles. The molecule has 0 amide bonds. The van der Waals surface area contributed by atoms with Crippen molar-refractivity contribution in [3.8, 4) is 0 Å². The molecule has 142 valence electrons. The molecular weight excluding hydrogens is 364 g/mol. The molecule has 8 heteroatoms. The van der Waals surface area contributed by atoms with E-state index in [-0.39, 0.29) is 23.3 Å². The molecule has 0 spiro atoms. The highest BCUT2D eigenvalue weighted by atomic mass is 35.5. The zero-order valence-electron chi connectivity index (χ0n) is 14.9. The van der Waals surface area contributed by atoms with Gasteiger partial charge in [-0.05, 0) is 63.0 Å². The van der Waals surface area contributed by atoms with Crippen molar-refractivity contribution in [2.75, 3.05) is 26.7 Å². The molecule has 1 aliphatic heterocycles. The first kappa shape index (κ1) is 21.9. The summed E-state index contributed by atoms with van der Waals surface area (Å²) in [6, 6.07) is 4.63. The molecule has 2 rings (SSSR count). The number of carbonyl (C=O) groups is 1. The van der Waals surface area contributed by atoms with E-state index < -0.39 is 16.0 Å². The van der Waals surface area contributed by atoms with Gasteiger partial charge in [-0.25, -0.2) is 13.2 Å². The van der Waals surface area contributed by atoms with E-state index in [1.165, 1.54) is 19.2 Å². The van der Waals surface area contributed by atoms with Crippen LogP contribution in [0.3, 0.4) is 0 Å². The summed E-state index contributed by atoms with van der Waals surface area (Å²) in [5, 5.41) is 3.27. The van der Waals surface area contributed by atoms with Crippen LogP contribution in [-0.2, 0) is 14.8 Å². The monoisotopic (exact) mass is 390 g/mol. The number of hydrogen-bond acceptors (Lipinski definition) is 5. The summed E-state index contributed by atoms with van der Waals surface area (Å²) in [6.07, 6.45) is 2.40. The Morgan fingerprint density at radius 2 is 1.96 bits per heavy atom. The zero-order chi connectivity index (χ0) is 17.7. The minimum absolute atomic E-state index is 0. The van der Waals surface area contributed by atoms with Gasteiger partial charge in [-0.3, -0.25) is 0 Å². The highest BCUT2D eigenvalue weighted by molar-refractivity contribution is 7.89. The minimum Gasteiger partial charge on any atom is -0.465 e. The van der Waals surface area contributed by atoms with Crippen LogP contribution in [0.2, 0.25) is 0 Å². The van der Waals surface area contributed by atoms with E-state index in [9.17, 15) is 13.2 Å². The smallest absolute Gasteiger partial charge is 0.337 e. The van der Waals surface area contributed by atoms with E-state index in [1.54, 1.807) is 17.3 Å².